The van der Waals surface area contributed by atoms with Gasteiger partial charge in [-0.05, 0) is 30.5 Å². The van der Waals surface area contributed by atoms with Crippen LogP contribution >= 0.6 is 11.3 Å². The largest absolute Gasteiger partial charge is 0.451 e. The topological polar surface area (TPSA) is 85.1 Å². The van der Waals surface area contributed by atoms with Crippen molar-refractivity contribution >= 4 is 33.3 Å². The summed E-state index contributed by atoms with van der Waals surface area (Å²) in [5.74, 6) is -0.545. The molecular weight excluding hydrogens is 326 g/mol. The molecule has 1 N–H and O–H groups in total. The average molecular weight is 343 g/mol. The number of hydrogen-bond donors (Lipinski definition) is 1. The molecule has 1 aromatic carbocycles. The van der Waals surface area contributed by atoms with Crippen LogP contribution in [-0.4, -0.2) is 16.1 Å². The highest BCUT2D eigenvalue weighted by Gasteiger charge is 2.15. The first kappa shape index (κ1) is 16.3. The van der Waals surface area contributed by atoms with Gasteiger partial charge in [-0.2, -0.15) is 0 Å². The van der Waals surface area contributed by atoms with Crippen LogP contribution in [0.1, 0.15) is 41.4 Å². The highest BCUT2D eigenvalue weighted by molar-refractivity contribution is 7.15. The van der Waals surface area contributed by atoms with E-state index in [2.05, 4.69) is 15.5 Å². The van der Waals surface area contributed by atoms with Crippen LogP contribution in [-0.2, 0) is 12.8 Å². The Morgan fingerprint density at radius 3 is 2.83 bits per heavy atom. The van der Waals surface area contributed by atoms with Gasteiger partial charge >= 0.3 is 0 Å². The van der Waals surface area contributed by atoms with Crippen molar-refractivity contribution in [2.45, 2.75) is 33.1 Å². The number of carbonyl (C=O) groups is 1. The van der Waals surface area contributed by atoms with Crippen molar-refractivity contribution in [1.29, 1.82) is 0 Å². The van der Waals surface area contributed by atoms with Gasteiger partial charge in [0.1, 0.15) is 10.6 Å². The minimum absolute atomic E-state index is 0.0380. The maximum atomic E-state index is 12.3. The molecule has 3 rings (SSSR count). The van der Waals surface area contributed by atoms with E-state index in [1.54, 1.807) is 12.1 Å². The summed E-state index contributed by atoms with van der Waals surface area (Å²) >= 11 is 1.32. The van der Waals surface area contributed by atoms with Gasteiger partial charge in [0.25, 0.3) is 5.91 Å². The third-order valence-electron chi connectivity index (χ3n) is 3.57. The van der Waals surface area contributed by atoms with Crippen molar-refractivity contribution in [3.63, 3.8) is 0 Å². The first-order chi connectivity index (χ1) is 11.6. The zero-order valence-electron chi connectivity index (χ0n) is 13.5. The van der Waals surface area contributed by atoms with E-state index in [4.69, 9.17) is 4.42 Å². The van der Waals surface area contributed by atoms with E-state index >= 15 is 0 Å². The summed E-state index contributed by atoms with van der Waals surface area (Å²) in [6.45, 7) is 4.06. The predicted molar refractivity (Wildman–Crippen MR) is 93.7 cm³/mol. The molecule has 1 amide bonds. The van der Waals surface area contributed by atoms with Gasteiger partial charge in [-0.25, -0.2) is 0 Å². The third-order valence-corrected chi connectivity index (χ3v) is 4.47. The molecule has 3 aromatic rings. The minimum atomic E-state index is -0.507. The van der Waals surface area contributed by atoms with Crippen LogP contribution in [0.5, 0.6) is 0 Å². The number of aromatic nitrogens is 2. The number of rotatable bonds is 5. The van der Waals surface area contributed by atoms with E-state index in [9.17, 15) is 9.59 Å². The molecule has 7 heteroatoms. The molecule has 0 atom stereocenters. The number of amides is 1. The molecule has 124 valence electrons. The SMILES string of the molecule is CCCc1nnc(NC(=O)c2cc(=O)c3cc(CC)ccc3o2)s1. The fourth-order valence-electron chi connectivity index (χ4n) is 2.31. The van der Waals surface area contributed by atoms with Gasteiger partial charge in [0.2, 0.25) is 5.13 Å². The predicted octanol–water partition coefficient (Wildman–Crippen LogP) is 3.41. The van der Waals surface area contributed by atoms with Gasteiger partial charge in [0.05, 0.1) is 5.39 Å². The third kappa shape index (κ3) is 3.35. The molecule has 0 unspecified atom stereocenters. The second-order valence-electron chi connectivity index (χ2n) is 5.36. The first-order valence-electron chi connectivity index (χ1n) is 7.81. The Balaban J connectivity index is 1.88. The van der Waals surface area contributed by atoms with E-state index in [1.807, 2.05) is 19.9 Å². The number of hydrogen-bond acceptors (Lipinski definition) is 6. The zero-order chi connectivity index (χ0) is 17.1. The molecule has 0 spiro atoms. The second-order valence-corrected chi connectivity index (χ2v) is 6.43. The van der Waals surface area contributed by atoms with Gasteiger partial charge in [-0.15, -0.1) is 10.2 Å². The quantitative estimate of drug-likeness (QED) is 0.767. The Hall–Kier alpha value is -2.54. The van der Waals surface area contributed by atoms with E-state index in [1.165, 1.54) is 17.4 Å². The lowest BCUT2D eigenvalue weighted by Gasteiger charge is -2.04. The summed E-state index contributed by atoms with van der Waals surface area (Å²) in [5, 5.41) is 12.3. The van der Waals surface area contributed by atoms with Crippen molar-refractivity contribution in [1.82, 2.24) is 10.2 Å². The van der Waals surface area contributed by atoms with Gasteiger partial charge in [0.15, 0.2) is 11.2 Å². The van der Waals surface area contributed by atoms with E-state index in [0.717, 1.165) is 29.8 Å². The monoisotopic (exact) mass is 343 g/mol. The van der Waals surface area contributed by atoms with Crippen molar-refractivity contribution in [3.8, 4) is 0 Å². The van der Waals surface area contributed by atoms with Gasteiger partial charge in [0, 0.05) is 12.5 Å². The highest BCUT2D eigenvalue weighted by atomic mass is 32.1. The Morgan fingerprint density at radius 2 is 2.08 bits per heavy atom. The van der Waals surface area contributed by atoms with Crippen LogP contribution in [0, 0.1) is 0 Å². The number of benzene rings is 1. The molecular formula is C17H17N3O3S. The molecule has 0 saturated heterocycles. The van der Waals surface area contributed by atoms with E-state index in [-0.39, 0.29) is 11.2 Å². The molecule has 0 bridgehead atoms. The van der Waals surface area contributed by atoms with Gasteiger partial charge < -0.3 is 4.42 Å². The van der Waals surface area contributed by atoms with E-state index in [0.29, 0.717) is 16.1 Å². The fraction of sp³-hybridized carbons (Fsp3) is 0.294. The van der Waals surface area contributed by atoms with Crippen molar-refractivity contribution < 1.29 is 9.21 Å². The molecule has 0 radical (unpaired) electrons. The maximum Gasteiger partial charge on any atom is 0.293 e. The van der Waals surface area contributed by atoms with Crippen molar-refractivity contribution in [2.24, 2.45) is 0 Å². The lowest BCUT2D eigenvalue weighted by Crippen LogP contribution is -2.15. The lowest BCUT2D eigenvalue weighted by atomic mass is 10.1. The summed E-state index contributed by atoms with van der Waals surface area (Å²) in [6.07, 6.45) is 2.61. The molecule has 0 fully saturated rings. The van der Waals surface area contributed by atoms with Crippen LogP contribution in [0.15, 0.2) is 33.5 Å². The number of nitrogens with zero attached hydrogens (tertiary/aromatic N) is 2. The molecule has 2 heterocycles. The van der Waals surface area contributed by atoms with Gasteiger partial charge in [-0.3, -0.25) is 14.9 Å². The average Bonchev–Trinajstić information content (AvgIpc) is 3.02. The molecule has 24 heavy (non-hydrogen) atoms. The standard InChI is InChI=1S/C17H17N3O3S/c1-3-5-15-19-20-17(24-15)18-16(22)14-9-12(21)11-8-10(4-2)6-7-13(11)23-14/h6-9H,3-5H2,1-2H3,(H,18,20,22). The molecule has 0 aliphatic heterocycles. The summed E-state index contributed by atoms with van der Waals surface area (Å²) < 4.78 is 5.57. The number of anilines is 1. The Morgan fingerprint density at radius 1 is 1.25 bits per heavy atom. The van der Waals surface area contributed by atoms with Crippen LogP contribution < -0.4 is 10.7 Å². The van der Waals surface area contributed by atoms with Gasteiger partial charge in [-0.1, -0.05) is 31.3 Å². The van der Waals surface area contributed by atoms with Crippen LogP contribution in [0.2, 0.25) is 0 Å². The summed E-state index contributed by atoms with van der Waals surface area (Å²) in [4.78, 5) is 24.5. The molecule has 6 nitrogen and oxygen atoms in total. The summed E-state index contributed by atoms with van der Waals surface area (Å²) in [5.41, 5.74) is 1.21. The van der Waals surface area contributed by atoms with Crippen LogP contribution in [0.3, 0.4) is 0 Å². The summed E-state index contributed by atoms with van der Waals surface area (Å²) in [6, 6.07) is 6.61. The van der Waals surface area contributed by atoms with Crippen molar-refractivity contribution in [3.05, 3.63) is 50.8 Å². The smallest absolute Gasteiger partial charge is 0.293 e. The Labute approximate surface area is 142 Å². The molecule has 0 aliphatic carbocycles. The van der Waals surface area contributed by atoms with Crippen molar-refractivity contribution in [2.75, 3.05) is 5.32 Å². The fourth-order valence-corrected chi connectivity index (χ4v) is 3.15. The Kier molecular flexibility index (Phi) is 4.71. The second kappa shape index (κ2) is 6.92. The molecule has 0 saturated carbocycles. The normalized spacial score (nSPS) is 10.9. The van der Waals surface area contributed by atoms with Crippen LogP contribution in [0.25, 0.3) is 11.0 Å². The lowest BCUT2D eigenvalue weighted by molar-refractivity contribution is 0.0997. The number of carbonyl (C=O) groups excluding carboxylic acids is 1. The number of nitrogens with one attached hydrogen (secondary N) is 1. The van der Waals surface area contributed by atoms with E-state index < -0.39 is 5.91 Å². The highest BCUT2D eigenvalue weighted by Crippen LogP contribution is 2.19. The zero-order valence-corrected chi connectivity index (χ0v) is 14.3. The number of fused-ring (bicyclic) bond motifs is 1. The summed E-state index contributed by atoms with van der Waals surface area (Å²) in [7, 11) is 0. The molecule has 0 aliphatic rings. The molecule has 2 aromatic heterocycles. The van der Waals surface area contributed by atoms with Crippen LogP contribution in [0.4, 0.5) is 5.13 Å². The minimum Gasteiger partial charge on any atom is -0.451 e. The first-order valence-corrected chi connectivity index (χ1v) is 8.63. The Bertz CT molecular complexity index is 946. The maximum absolute atomic E-state index is 12.3. The number of aryl methyl sites for hydroxylation is 2.